The molecule has 2 heterocycles. The average molecular weight is 913 g/mol. The summed E-state index contributed by atoms with van der Waals surface area (Å²) < 4.78 is 11.2. The molecule has 1 saturated carbocycles. The first-order chi connectivity index (χ1) is 31.9. The summed E-state index contributed by atoms with van der Waals surface area (Å²) >= 11 is 0. The van der Waals surface area contributed by atoms with Crippen LogP contribution in [0, 0.1) is 6.92 Å². The summed E-state index contributed by atoms with van der Waals surface area (Å²) in [7, 11) is 3.28. The molecular weight excluding hydrogens is 849 g/mol. The van der Waals surface area contributed by atoms with Gasteiger partial charge in [-0.3, -0.25) is 34.1 Å². The van der Waals surface area contributed by atoms with E-state index >= 15 is 0 Å². The van der Waals surface area contributed by atoms with Crippen molar-refractivity contribution in [3.8, 4) is 5.75 Å². The predicted molar refractivity (Wildman–Crippen MR) is 251 cm³/mol. The van der Waals surface area contributed by atoms with E-state index in [4.69, 9.17) is 20.2 Å². The average Bonchev–Trinajstić information content (AvgIpc) is 3.85. The van der Waals surface area contributed by atoms with E-state index in [1.807, 2.05) is 26.8 Å². The zero-order valence-electron chi connectivity index (χ0n) is 38.5. The molecule has 0 radical (unpaired) electrons. The van der Waals surface area contributed by atoms with Gasteiger partial charge in [-0.05, 0) is 68.0 Å². The Morgan fingerprint density at radius 3 is 2.56 bits per heavy atom. The Morgan fingerprint density at radius 1 is 1.06 bits per heavy atom. The molecule has 8 N–H and O–H groups in total. The van der Waals surface area contributed by atoms with Crippen LogP contribution in [0.15, 0.2) is 54.5 Å². The Labute approximate surface area is 385 Å². The van der Waals surface area contributed by atoms with Crippen molar-refractivity contribution >= 4 is 65.3 Å². The van der Waals surface area contributed by atoms with Crippen molar-refractivity contribution in [1.29, 1.82) is 0 Å². The third-order valence-electron chi connectivity index (χ3n) is 11.6. The number of benzene rings is 2. The van der Waals surface area contributed by atoms with Crippen molar-refractivity contribution in [2.45, 2.75) is 90.4 Å². The second-order valence-electron chi connectivity index (χ2n) is 16.1. The zero-order chi connectivity index (χ0) is 47.6. The maximum absolute atomic E-state index is 13.3. The molecule has 20 nitrogen and oxygen atoms in total. The number of likely N-dealkylation sites (N-methyl/N-ethyl adjacent to an activating group) is 1. The maximum Gasteiger partial charge on any atom is 0.251 e. The largest absolute Gasteiger partial charge is 0.495 e. The van der Waals surface area contributed by atoms with E-state index in [1.165, 1.54) is 12.0 Å². The van der Waals surface area contributed by atoms with Crippen molar-refractivity contribution < 1.29 is 38.2 Å². The lowest BCUT2D eigenvalue weighted by atomic mass is 10.0. The molecule has 0 spiro atoms. The molecule has 1 aliphatic carbocycles. The third kappa shape index (κ3) is 13.2. The highest BCUT2D eigenvalue weighted by Gasteiger charge is 2.41. The Morgan fingerprint density at radius 2 is 1.85 bits per heavy atom. The van der Waals surface area contributed by atoms with E-state index in [0.717, 1.165) is 37.1 Å². The summed E-state index contributed by atoms with van der Waals surface area (Å²) in [4.78, 5) is 89.1. The van der Waals surface area contributed by atoms with Gasteiger partial charge in [0, 0.05) is 62.4 Å². The molecule has 2 aliphatic rings. The number of nitrogens with zero attached hydrogens (tertiary/aromatic N) is 5. The van der Waals surface area contributed by atoms with Crippen LogP contribution in [0.5, 0.6) is 5.75 Å². The molecule has 6 amide bonds. The van der Waals surface area contributed by atoms with E-state index in [2.05, 4.69) is 41.8 Å². The quantitative estimate of drug-likeness (QED) is 0.0452. The van der Waals surface area contributed by atoms with Crippen molar-refractivity contribution in [3.63, 3.8) is 0 Å². The second-order valence-corrected chi connectivity index (χ2v) is 16.1. The molecule has 20 heteroatoms. The minimum atomic E-state index is -0.843. The number of fused-ring (bicyclic) bond motifs is 1. The molecular formula is C46H64N12O8. The van der Waals surface area contributed by atoms with Gasteiger partial charge in [0.1, 0.15) is 30.1 Å². The normalized spacial score (nSPS) is 15.4. The number of imide groups is 1. The number of nitrogens with one attached hydrogen (secondary N) is 6. The van der Waals surface area contributed by atoms with Crippen molar-refractivity contribution in [2.75, 3.05) is 74.0 Å². The van der Waals surface area contributed by atoms with E-state index in [9.17, 15) is 28.8 Å². The summed E-state index contributed by atoms with van der Waals surface area (Å²) in [6, 6.07) is 9.46. The van der Waals surface area contributed by atoms with E-state index in [1.54, 1.807) is 54.7 Å². The minimum Gasteiger partial charge on any atom is -0.495 e. The van der Waals surface area contributed by atoms with Crippen LogP contribution >= 0.6 is 0 Å². The Balaban J connectivity index is 1.01. The number of ether oxygens (including phenoxy) is 2. The smallest absolute Gasteiger partial charge is 0.251 e. The third-order valence-corrected chi connectivity index (χ3v) is 11.6. The molecule has 0 bridgehead atoms. The van der Waals surface area contributed by atoms with E-state index in [0.29, 0.717) is 97.3 Å². The van der Waals surface area contributed by atoms with Crippen LogP contribution < -0.4 is 52.2 Å². The molecule has 5 rings (SSSR count). The fourth-order valence-electron chi connectivity index (χ4n) is 8.13. The molecule has 0 saturated heterocycles. The van der Waals surface area contributed by atoms with Gasteiger partial charge < -0.3 is 56.5 Å². The zero-order valence-corrected chi connectivity index (χ0v) is 38.5. The summed E-state index contributed by atoms with van der Waals surface area (Å²) in [6.45, 7) is 7.55. The first kappa shape index (κ1) is 50.2. The van der Waals surface area contributed by atoms with Gasteiger partial charge in [-0.2, -0.15) is 4.98 Å². The number of hydrogen-bond donors (Lipinski definition) is 7. The Hall–Kier alpha value is -6.80. The number of carbonyl (C=O) groups is 6. The number of amides is 6. The SMILES string of the molecule is CCCC(C(=O)NC=O)N(C=O)Cc1c(C)cccc1NC(=O)COCCNCCN/C=C(\N)CNC(=O)c1ccc(Nc2ncc3c(n2)N(C2CCCC2)C(CC)C(=O)N3C)c(OC)c1. The number of rotatable bonds is 26. The van der Waals surface area contributed by atoms with Gasteiger partial charge in [-0.25, -0.2) is 4.98 Å². The number of hydrogen-bond acceptors (Lipinski definition) is 15. The van der Waals surface area contributed by atoms with Crippen LogP contribution in [0.2, 0.25) is 0 Å². The maximum atomic E-state index is 13.3. The van der Waals surface area contributed by atoms with Crippen LogP contribution in [-0.2, 0) is 35.3 Å². The summed E-state index contributed by atoms with van der Waals surface area (Å²) in [6.07, 6.45) is 10.1. The molecule has 2 atom stereocenters. The molecule has 66 heavy (non-hydrogen) atoms. The lowest BCUT2D eigenvalue weighted by molar-refractivity contribution is -0.135. The fraction of sp³-hybridized carbons (Fsp3) is 0.478. The van der Waals surface area contributed by atoms with Crippen molar-refractivity contribution in [1.82, 2.24) is 36.1 Å². The van der Waals surface area contributed by atoms with Gasteiger partial charge in [0.05, 0.1) is 32.1 Å². The van der Waals surface area contributed by atoms with Crippen LogP contribution in [-0.4, -0.2) is 123 Å². The van der Waals surface area contributed by atoms with Crippen LogP contribution in [0.3, 0.4) is 0 Å². The minimum absolute atomic E-state index is 0.0452. The highest BCUT2D eigenvalue weighted by molar-refractivity contribution is 6.04. The van der Waals surface area contributed by atoms with Crippen molar-refractivity contribution in [3.05, 3.63) is 71.2 Å². The molecule has 2 aromatic carbocycles. The lowest BCUT2D eigenvalue weighted by Crippen LogP contribution is -2.55. The first-order valence-corrected chi connectivity index (χ1v) is 22.4. The van der Waals surface area contributed by atoms with Gasteiger partial charge in [-0.1, -0.05) is 45.2 Å². The van der Waals surface area contributed by atoms with Gasteiger partial charge >= 0.3 is 0 Å². The van der Waals surface area contributed by atoms with Crippen molar-refractivity contribution in [2.24, 2.45) is 5.73 Å². The Kier molecular flexibility index (Phi) is 19.0. The number of aromatic nitrogens is 2. The summed E-state index contributed by atoms with van der Waals surface area (Å²) in [5, 5.41) is 17.3. The van der Waals surface area contributed by atoms with E-state index in [-0.39, 0.29) is 56.1 Å². The summed E-state index contributed by atoms with van der Waals surface area (Å²) in [5.41, 5.74) is 10.1. The van der Waals surface area contributed by atoms with Gasteiger partial charge in [-0.15, -0.1) is 0 Å². The van der Waals surface area contributed by atoms with Gasteiger partial charge in [0.25, 0.3) is 5.91 Å². The Bertz CT molecular complexity index is 2200. The monoisotopic (exact) mass is 912 g/mol. The molecule has 1 fully saturated rings. The van der Waals surface area contributed by atoms with E-state index < -0.39 is 11.9 Å². The standard InChI is InChI=1S/C46H64N12O8/c1-6-11-38(44(63)52-28-59)57(29-60)26-34-30(3)12-10-15-35(34)53-41(61)27-66-21-20-48-18-19-49-23-32(47)24-50-43(62)31-16-17-36(40(22-31)65-5)54-46-51-25-39-42(55-46)58(33-13-8-9-14-33)37(7-2)45(64)56(39)4/h10,12,15-17,22-23,25,28-29,33,37-38,48-49H,6-9,11,13-14,18-21,24,26-27,47H2,1-5H3,(H,50,62)(H,53,61)(H,51,54,55)(H,52,59,63)/b32-23-. The fourth-order valence-corrected chi connectivity index (χ4v) is 8.13. The number of anilines is 5. The first-order valence-electron chi connectivity index (χ1n) is 22.4. The molecule has 2 unspecified atom stereocenters. The second kappa shape index (κ2) is 25.0. The van der Waals surface area contributed by atoms with Gasteiger partial charge in [0.2, 0.25) is 36.5 Å². The number of methoxy groups -OCH3 is 1. The summed E-state index contributed by atoms with van der Waals surface area (Å²) in [5.74, 6) is 0.241. The topological polar surface area (TPSA) is 255 Å². The van der Waals surface area contributed by atoms with Gasteiger partial charge in [0.15, 0.2) is 5.82 Å². The molecule has 1 aliphatic heterocycles. The number of carbonyl (C=O) groups excluding carboxylic acids is 6. The van der Waals surface area contributed by atoms with Crippen LogP contribution in [0.4, 0.5) is 28.8 Å². The molecule has 356 valence electrons. The number of nitrogens with two attached hydrogens (primary N) is 1. The lowest BCUT2D eigenvalue weighted by Gasteiger charge is -2.43. The van der Waals surface area contributed by atoms with Crippen LogP contribution in [0.1, 0.15) is 80.3 Å². The molecule has 3 aromatic rings. The highest BCUT2D eigenvalue weighted by Crippen LogP contribution is 2.40. The molecule has 1 aromatic heterocycles. The predicted octanol–water partition coefficient (Wildman–Crippen LogP) is 2.81. The van der Waals surface area contributed by atoms with Crippen LogP contribution in [0.25, 0.3) is 0 Å². The highest BCUT2D eigenvalue weighted by atomic mass is 16.5. The number of aryl methyl sites for hydroxylation is 1.